The monoisotopic (exact) mass is 333 g/mol. The molecule has 0 aliphatic carbocycles. The summed E-state index contributed by atoms with van der Waals surface area (Å²) < 4.78 is 27.4. The van der Waals surface area contributed by atoms with Crippen LogP contribution >= 0.6 is 11.8 Å². The quantitative estimate of drug-likeness (QED) is 0.859. The average molecular weight is 333 g/mol. The van der Waals surface area contributed by atoms with Crippen molar-refractivity contribution in [2.75, 3.05) is 12.3 Å². The largest absolute Gasteiger partial charge is 0.244 e. The summed E-state index contributed by atoms with van der Waals surface area (Å²) in [7, 11) is -3.45. The van der Waals surface area contributed by atoms with Crippen LogP contribution in [0.5, 0.6) is 0 Å². The Kier molecular flexibility index (Phi) is 4.30. The van der Waals surface area contributed by atoms with Gasteiger partial charge >= 0.3 is 0 Å². The van der Waals surface area contributed by atoms with Gasteiger partial charge in [-0.2, -0.15) is 4.31 Å². The van der Waals surface area contributed by atoms with Crippen LogP contribution in [-0.4, -0.2) is 25.0 Å². The van der Waals surface area contributed by atoms with Crippen LogP contribution in [0.4, 0.5) is 0 Å². The minimum Gasteiger partial charge on any atom is -0.207 e. The third-order valence-corrected chi connectivity index (χ3v) is 7.11. The van der Waals surface area contributed by atoms with Crippen LogP contribution in [0.1, 0.15) is 22.1 Å². The third-order valence-electron chi connectivity index (χ3n) is 3.84. The molecule has 0 N–H and O–H groups in total. The Morgan fingerprint density at radius 3 is 2.09 bits per heavy atom. The summed E-state index contributed by atoms with van der Waals surface area (Å²) in [6, 6.07) is 15.2. The van der Waals surface area contributed by atoms with Gasteiger partial charge in [0.2, 0.25) is 10.0 Å². The number of thioether (sulfide) groups is 1. The fourth-order valence-electron chi connectivity index (χ4n) is 2.54. The smallest absolute Gasteiger partial charge is 0.207 e. The van der Waals surface area contributed by atoms with E-state index in [1.54, 1.807) is 28.2 Å². The lowest BCUT2D eigenvalue weighted by atomic mass is 10.1. The highest BCUT2D eigenvalue weighted by atomic mass is 32.2. The third kappa shape index (κ3) is 2.93. The van der Waals surface area contributed by atoms with Crippen molar-refractivity contribution in [1.29, 1.82) is 0 Å². The van der Waals surface area contributed by atoms with E-state index < -0.39 is 10.0 Å². The molecule has 0 bridgehead atoms. The molecule has 1 aliphatic rings. The first-order valence-corrected chi connectivity index (χ1v) is 9.74. The van der Waals surface area contributed by atoms with Crippen molar-refractivity contribution < 1.29 is 8.42 Å². The molecule has 5 heteroatoms. The van der Waals surface area contributed by atoms with Gasteiger partial charge in [0.1, 0.15) is 0 Å². The van der Waals surface area contributed by atoms with Gasteiger partial charge in [0.25, 0.3) is 0 Å². The van der Waals surface area contributed by atoms with Crippen molar-refractivity contribution in [3.8, 4) is 0 Å². The van der Waals surface area contributed by atoms with E-state index >= 15 is 0 Å². The standard InChI is InChI=1S/C17H19NO2S2/c1-13-3-7-15(8-4-13)17-18(11-12-21-17)22(19,20)16-9-5-14(2)6-10-16/h3-10,17H,11-12H2,1-2H3. The number of aryl methyl sites for hydroxylation is 2. The van der Waals surface area contributed by atoms with Crippen LogP contribution < -0.4 is 0 Å². The summed E-state index contributed by atoms with van der Waals surface area (Å²) in [5.74, 6) is 0.823. The molecule has 1 heterocycles. The summed E-state index contributed by atoms with van der Waals surface area (Å²) in [6.45, 7) is 4.54. The second-order valence-electron chi connectivity index (χ2n) is 5.56. The highest BCUT2D eigenvalue weighted by molar-refractivity contribution is 8.01. The van der Waals surface area contributed by atoms with Gasteiger partial charge in [-0.15, -0.1) is 11.8 Å². The Hall–Kier alpha value is -1.30. The lowest BCUT2D eigenvalue weighted by Crippen LogP contribution is -2.30. The van der Waals surface area contributed by atoms with Crippen molar-refractivity contribution in [2.24, 2.45) is 0 Å². The van der Waals surface area contributed by atoms with Crippen LogP contribution in [0.3, 0.4) is 0 Å². The molecule has 0 saturated carbocycles. The number of sulfonamides is 1. The van der Waals surface area contributed by atoms with Crippen LogP contribution in [0, 0.1) is 13.8 Å². The van der Waals surface area contributed by atoms with E-state index in [4.69, 9.17) is 0 Å². The van der Waals surface area contributed by atoms with Crippen molar-refractivity contribution in [1.82, 2.24) is 4.31 Å². The molecule has 2 aromatic carbocycles. The molecule has 1 saturated heterocycles. The van der Waals surface area contributed by atoms with Gasteiger partial charge in [0, 0.05) is 12.3 Å². The minimum atomic E-state index is -3.45. The Morgan fingerprint density at radius 1 is 0.955 bits per heavy atom. The zero-order chi connectivity index (χ0) is 15.7. The summed E-state index contributed by atoms with van der Waals surface area (Å²) in [5.41, 5.74) is 3.29. The highest BCUT2D eigenvalue weighted by Crippen LogP contribution is 2.41. The van der Waals surface area contributed by atoms with E-state index in [0.717, 1.165) is 16.9 Å². The minimum absolute atomic E-state index is 0.132. The van der Waals surface area contributed by atoms with E-state index in [9.17, 15) is 8.42 Å². The van der Waals surface area contributed by atoms with Crippen LogP contribution in [-0.2, 0) is 10.0 Å². The molecule has 0 amide bonds. The molecule has 1 aliphatic heterocycles. The zero-order valence-electron chi connectivity index (χ0n) is 12.7. The molecule has 2 aromatic rings. The fraction of sp³-hybridized carbons (Fsp3) is 0.294. The van der Waals surface area contributed by atoms with Crippen molar-refractivity contribution >= 4 is 21.8 Å². The van der Waals surface area contributed by atoms with Gasteiger partial charge in [-0.3, -0.25) is 0 Å². The first-order valence-electron chi connectivity index (χ1n) is 7.25. The van der Waals surface area contributed by atoms with E-state index in [0.29, 0.717) is 11.4 Å². The van der Waals surface area contributed by atoms with E-state index in [1.165, 1.54) is 5.56 Å². The van der Waals surface area contributed by atoms with Gasteiger partial charge in [-0.05, 0) is 31.5 Å². The fourth-order valence-corrected chi connectivity index (χ4v) is 5.78. The first-order chi connectivity index (χ1) is 10.5. The van der Waals surface area contributed by atoms with Gasteiger partial charge in [0.15, 0.2) is 0 Å². The molecule has 1 atom stereocenters. The predicted molar refractivity (Wildman–Crippen MR) is 91.4 cm³/mol. The second kappa shape index (κ2) is 6.07. The van der Waals surface area contributed by atoms with E-state index in [1.807, 2.05) is 50.2 Å². The Balaban J connectivity index is 1.95. The molecule has 116 valence electrons. The van der Waals surface area contributed by atoms with Crippen LogP contribution in [0.25, 0.3) is 0 Å². The molecule has 0 radical (unpaired) electrons. The number of hydrogen-bond donors (Lipinski definition) is 0. The Labute approximate surface area is 136 Å². The van der Waals surface area contributed by atoms with Crippen molar-refractivity contribution in [3.05, 3.63) is 65.2 Å². The molecule has 22 heavy (non-hydrogen) atoms. The molecule has 3 rings (SSSR count). The molecule has 3 nitrogen and oxygen atoms in total. The second-order valence-corrected chi connectivity index (χ2v) is 8.64. The molecule has 0 spiro atoms. The van der Waals surface area contributed by atoms with Gasteiger partial charge in [-0.25, -0.2) is 8.42 Å². The predicted octanol–water partition coefficient (Wildman–Crippen LogP) is 3.74. The zero-order valence-corrected chi connectivity index (χ0v) is 14.3. The SMILES string of the molecule is Cc1ccc(C2SCCN2S(=O)(=O)c2ccc(C)cc2)cc1. The number of rotatable bonds is 3. The van der Waals surface area contributed by atoms with E-state index in [-0.39, 0.29) is 5.37 Å². The lowest BCUT2D eigenvalue weighted by Gasteiger charge is -2.23. The maximum atomic E-state index is 12.9. The molecule has 1 fully saturated rings. The molecular weight excluding hydrogens is 314 g/mol. The van der Waals surface area contributed by atoms with Gasteiger partial charge in [-0.1, -0.05) is 47.5 Å². The summed E-state index contributed by atoms with van der Waals surface area (Å²) in [5, 5.41) is -0.132. The molecule has 1 unspecified atom stereocenters. The summed E-state index contributed by atoms with van der Waals surface area (Å²) in [6.07, 6.45) is 0. The number of benzene rings is 2. The average Bonchev–Trinajstić information content (AvgIpc) is 2.99. The topological polar surface area (TPSA) is 37.4 Å². The molecule has 0 aromatic heterocycles. The van der Waals surface area contributed by atoms with E-state index in [2.05, 4.69) is 0 Å². The van der Waals surface area contributed by atoms with Crippen molar-refractivity contribution in [3.63, 3.8) is 0 Å². The van der Waals surface area contributed by atoms with Gasteiger partial charge < -0.3 is 0 Å². The summed E-state index contributed by atoms with van der Waals surface area (Å²) >= 11 is 1.68. The van der Waals surface area contributed by atoms with Crippen molar-refractivity contribution in [2.45, 2.75) is 24.1 Å². The highest BCUT2D eigenvalue weighted by Gasteiger charge is 2.36. The first kappa shape index (κ1) is 15.6. The Bertz CT molecular complexity index is 752. The number of nitrogens with zero attached hydrogens (tertiary/aromatic N) is 1. The van der Waals surface area contributed by atoms with Crippen LogP contribution in [0.15, 0.2) is 53.4 Å². The summed E-state index contributed by atoms with van der Waals surface area (Å²) in [4.78, 5) is 0.373. The number of hydrogen-bond acceptors (Lipinski definition) is 3. The maximum absolute atomic E-state index is 12.9. The normalized spacial score (nSPS) is 19.5. The maximum Gasteiger partial charge on any atom is 0.244 e. The van der Waals surface area contributed by atoms with Crippen LogP contribution in [0.2, 0.25) is 0 Å². The molecular formula is C17H19NO2S2. The lowest BCUT2D eigenvalue weighted by molar-refractivity contribution is 0.434. The Morgan fingerprint density at radius 2 is 1.50 bits per heavy atom. The van der Waals surface area contributed by atoms with Gasteiger partial charge in [0.05, 0.1) is 10.3 Å².